The highest BCUT2D eigenvalue weighted by atomic mass is 32.2. The van der Waals surface area contributed by atoms with Crippen molar-refractivity contribution in [1.82, 2.24) is 19.4 Å². The fraction of sp³-hybridized carbons (Fsp3) is 0.529. The molecule has 1 fully saturated rings. The number of piperazine rings is 1. The second kappa shape index (κ2) is 8.61. The molecule has 0 unspecified atom stereocenters. The number of sulfonamides is 1. The molecule has 1 aromatic rings. The maximum absolute atomic E-state index is 12.7. The summed E-state index contributed by atoms with van der Waals surface area (Å²) < 4.78 is 27.3. The van der Waals surface area contributed by atoms with Gasteiger partial charge in [-0.15, -0.1) is 0 Å². The molecule has 1 aliphatic heterocycles. The molecule has 2 rings (SSSR count). The second-order valence-electron chi connectivity index (χ2n) is 6.53. The van der Waals surface area contributed by atoms with Crippen molar-refractivity contribution < 1.29 is 18.0 Å². The third-order valence-electron chi connectivity index (χ3n) is 4.25. The third-order valence-corrected chi connectivity index (χ3v) is 5.71. The highest BCUT2D eigenvalue weighted by Gasteiger charge is 2.24. The number of nitrogens with one attached hydrogen (secondary N) is 1. The smallest absolute Gasteiger partial charge is 0.254 e. The summed E-state index contributed by atoms with van der Waals surface area (Å²) in [4.78, 5) is 29.3. The Kier molecular flexibility index (Phi) is 6.74. The molecular weight excluding hydrogens is 356 g/mol. The summed E-state index contributed by atoms with van der Waals surface area (Å²) >= 11 is 0. The molecule has 0 aliphatic carbocycles. The molecule has 0 saturated carbocycles. The Balaban J connectivity index is 2.06. The molecule has 1 aliphatic rings. The molecule has 1 aromatic carbocycles. The normalized spacial score (nSPS) is 15.4. The van der Waals surface area contributed by atoms with Gasteiger partial charge in [-0.3, -0.25) is 9.59 Å². The molecule has 8 nitrogen and oxygen atoms in total. The molecule has 0 radical (unpaired) electrons. The van der Waals surface area contributed by atoms with Gasteiger partial charge in [-0.2, -0.15) is 0 Å². The topological polar surface area (TPSA) is 90.0 Å². The van der Waals surface area contributed by atoms with E-state index in [0.717, 1.165) is 0 Å². The molecule has 0 bridgehead atoms. The van der Waals surface area contributed by atoms with Crippen molar-refractivity contribution in [3.05, 3.63) is 29.8 Å². The molecule has 2 amide bonds. The summed E-state index contributed by atoms with van der Waals surface area (Å²) in [6.07, 6.45) is 0. The van der Waals surface area contributed by atoms with E-state index in [1.54, 1.807) is 21.9 Å². The minimum atomic E-state index is -3.66. The lowest BCUT2D eigenvalue weighted by Crippen LogP contribution is -2.50. The van der Waals surface area contributed by atoms with Gasteiger partial charge in [0, 0.05) is 51.8 Å². The van der Waals surface area contributed by atoms with E-state index in [9.17, 15) is 18.0 Å². The Morgan fingerprint density at radius 3 is 2.31 bits per heavy atom. The number of rotatable bonds is 6. The van der Waals surface area contributed by atoms with Gasteiger partial charge in [0.05, 0.1) is 4.90 Å². The summed E-state index contributed by atoms with van der Waals surface area (Å²) in [5.41, 5.74) is 0.330. The first-order valence-corrected chi connectivity index (χ1v) is 9.98. The Bertz CT molecular complexity index is 756. The number of amides is 2. The maximum Gasteiger partial charge on any atom is 0.254 e. The van der Waals surface area contributed by atoms with Crippen LogP contribution in [0.15, 0.2) is 29.2 Å². The van der Waals surface area contributed by atoms with Crippen molar-refractivity contribution in [3.63, 3.8) is 0 Å². The Labute approximate surface area is 154 Å². The molecule has 1 N–H and O–H groups in total. The number of hydrogen-bond acceptors (Lipinski definition) is 5. The molecule has 0 atom stereocenters. The zero-order valence-electron chi connectivity index (χ0n) is 15.4. The van der Waals surface area contributed by atoms with Gasteiger partial charge in [-0.1, -0.05) is 6.07 Å². The summed E-state index contributed by atoms with van der Waals surface area (Å²) in [5.74, 6) is -0.229. The van der Waals surface area contributed by atoms with E-state index < -0.39 is 10.0 Å². The quantitative estimate of drug-likeness (QED) is 0.738. The number of benzene rings is 1. The average molecular weight is 382 g/mol. The van der Waals surface area contributed by atoms with Crippen LogP contribution in [0.1, 0.15) is 17.3 Å². The SMILES string of the molecule is CC(=O)N1CCN(C(=O)c2cccc(S(=O)(=O)NCCN(C)C)c2)CC1. The number of hydrogen-bond donors (Lipinski definition) is 1. The van der Waals surface area contributed by atoms with Gasteiger partial charge < -0.3 is 14.7 Å². The van der Waals surface area contributed by atoms with Crippen molar-refractivity contribution in [3.8, 4) is 0 Å². The highest BCUT2D eigenvalue weighted by molar-refractivity contribution is 7.89. The largest absolute Gasteiger partial charge is 0.339 e. The predicted molar refractivity (Wildman–Crippen MR) is 98.3 cm³/mol. The van der Waals surface area contributed by atoms with Gasteiger partial charge in [-0.05, 0) is 32.3 Å². The number of nitrogens with zero attached hydrogens (tertiary/aromatic N) is 3. The fourth-order valence-corrected chi connectivity index (χ4v) is 3.76. The fourth-order valence-electron chi connectivity index (χ4n) is 2.69. The van der Waals surface area contributed by atoms with Crippen LogP contribution in [0.4, 0.5) is 0 Å². The monoisotopic (exact) mass is 382 g/mol. The first-order valence-electron chi connectivity index (χ1n) is 8.50. The minimum Gasteiger partial charge on any atom is -0.339 e. The number of carbonyl (C=O) groups excluding carboxylic acids is 2. The van der Waals surface area contributed by atoms with E-state index in [0.29, 0.717) is 44.8 Å². The Hall–Kier alpha value is -1.97. The first-order chi connectivity index (χ1) is 12.2. The number of likely N-dealkylation sites (N-methyl/N-ethyl adjacent to an activating group) is 1. The van der Waals surface area contributed by atoms with Crippen LogP contribution < -0.4 is 4.72 Å². The van der Waals surface area contributed by atoms with Crippen molar-refractivity contribution in [2.45, 2.75) is 11.8 Å². The van der Waals surface area contributed by atoms with Crippen LogP contribution in [0.2, 0.25) is 0 Å². The molecule has 1 heterocycles. The third kappa shape index (κ3) is 5.26. The standard InChI is InChI=1S/C17H26N4O4S/c1-14(22)20-9-11-21(12-10-20)17(23)15-5-4-6-16(13-15)26(24,25)18-7-8-19(2)3/h4-6,13,18H,7-12H2,1-3H3. The lowest BCUT2D eigenvalue weighted by molar-refractivity contribution is -0.130. The van der Waals surface area contributed by atoms with Crippen LogP contribution in [0.5, 0.6) is 0 Å². The van der Waals surface area contributed by atoms with Gasteiger partial charge >= 0.3 is 0 Å². The van der Waals surface area contributed by atoms with Gasteiger partial charge in [0.15, 0.2) is 0 Å². The lowest BCUT2D eigenvalue weighted by atomic mass is 10.2. The summed E-state index contributed by atoms with van der Waals surface area (Å²) in [6.45, 7) is 4.25. The van der Waals surface area contributed by atoms with Crippen LogP contribution >= 0.6 is 0 Å². The Morgan fingerprint density at radius 1 is 1.12 bits per heavy atom. The van der Waals surface area contributed by atoms with E-state index in [1.807, 2.05) is 19.0 Å². The van der Waals surface area contributed by atoms with E-state index in [1.165, 1.54) is 19.1 Å². The Morgan fingerprint density at radius 2 is 1.73 bits per heavy atom. The molecule has 144 valence electrons. The molecule has 26 heavy (non-hydrogen) atoms. The molecular formula is C17H26N4O4S. The van der Waals surface area contributed by atoms with Crippen LogP contribution in [0.25, 0.3) is 0 Å². The van der Waals surface area contributed by atoms with Crippen LogP contribution in [0.3, 0.4) is 0 Å². The van der Waals surface area contributed by atoms with Crippen molar-refractivity contribution in [2.24, 2.45) is 0 Å². The van der Waals surface area contributed by atoms with Crippen LogP contribution in [0, 0.1) is 0 Å². The highest BCUT2D eigenvalue weighted by Crippen LogP contribution is 2.14. The summed E-state index contributed by atoms with van der Waals surface area (Å²) in [5, 5.41) is 0. The van der Waals surface area contributed by atoms with E-state index in [2.05, 4.69) is 4.72 Å². The average Bonchev–Trinajstić information content (AvgIpc) is 2.61. The molecule has 9 heteroatoms. The van der Waals surface area contributed by atoms with Crippen molar-refractivity contribution in [2.75, 3.05) is 53.4 Å². The van der Waals surface area contributed by atoms with Crippen LogP contribution in [-0.4, -0.2) is 88.3 Å². The second-order valence-corrected chi connectivity index (χ2v) is 8.29. The van der Waals surface area contributed by atoms with Gasteiger partial charge in [0.2, 0.25) is 15.9 Å². The van der Waals surface area contributed by atoms with Crippen molar-refractivity contribution >= 4 is 21.8 Å². The predicted octanol–water partition coefficient (Wildman–Crippen LogP) is -0.169. The summed E-state index contributed by atoms with van der Waals surface area (Å²) in [7, 11) is 0.0581. The van der Waals surface area contributed by atoms with E-state index >= 15 is 0 Å². The lowest BCUT2D eigenvalue weighted by Gasteiger charge is -2.34. The molecule has 0 spiro atoms. The molecule has 0 aromatic heterocycles. The van der Waals surface area contributed by atoms with Crippen molar-refractivity contribution in [1.29, 1.82) is 0 Å². The zero-order valence-corrected chi connectivity index (χ0v) is 16.3. The molecule has 1 saturated heterocycles. The minimum absolute atomic E-state index is 0.00557. The van der Waals surface area contributed by atoms with Gasteiger partial charge in [-0.25, -0.2) is 13.1 Å². The zero-order chi connectivity index (χ0) is 19.3. The first kappa shape index (κ1) is 20.3. The van der Waals surface area contributed by atoms with Crippen LogP contribution in [-0.2, 0) is 14.8 Å². The number of carbonyl (C=O) groups is 2. The summed E-state index contributed by atoms with van der Waals surface area (Å²) in [6, 6.07) is 6.05. The maximum atomic E-state index is 12.7. The van der Waals surface area contributed by atoms with Gasteiger partial charge in [0.25, 0.3) is 5.91 Å². The van der Waals surface area contributed by atoms with E-state index in [4.69, 9.17) is 0 Å². The van der Waals surface area contributed by atoms with Gasteiger partial charge in [0.1, 0.15) is 0 Å². The van der Waals surface area contributed by atoms with E-state index in [-0.39, 0.29) is 16.7 Å².